The van der Waals surface area contributed by atoms with Gasteiger partial charge in [0.25, 0.3) is 0 Å². The first-order valence-corrected chi connectivity index (χ1v) is 7.86. The first kappa shape index (κ1) is 14.0. The van der Waals surface area contributed by atoms with Crippen LogP contribution in [0.15, 0.2) is 29.2 Å². The summed E-state index contributed by atoms with van der Waals surface area (Å²) in [6.07, 6.45) is 0. The number of carboxylic acids is 1. The lowest BCUT2D eigenvalue weighted by Crippen LogP contribution is -2.27. The predicted molar refractivity (Wildman–Crippen MR) is 74.3 cm³/mol. The Bertz CT molecular complexity index is 733. The molecule has 0 saturated heterocycles. The molecule has 5 nitrogen and oxygen atoms in total. The van der Waals surface area contributed by atoms with E-state index in [0.717, 1.165) is 15.6 Å². The summed E-state index contributed by atoms with van der Waals surface area (Å²) in [6, 6.07) is 6.81. The zero-order valence-electron chi connectivity index (χ0n) is 10.5. The van der Waals surface area contributed by atoms with E-state index in [1.807, 2.05) is 0 Å². The van der Waals surface area contributed by atoms with E-state index in [1.165, 1.54) is 7.05 Å². The monoisotopic (exact) mass is 299 g/mol. The summed E-state index contributed by atoms with van der Waals surface area (Å²) < 4.78 is 26.7. The molecule has 0 saturated carbocycles. The van der Waals surface area contributed by atoms with E-state index < -0.39 is 16.0 Å². The van der Waals surface area contributed by atoms with E-state index in [1.54, 1.807) is 31.2 Å². The van der Waals surface area contributed by atoms with Crippen LogP contribution in [0.2, 0.25) is 0 Å². The SMILES string of the molecule is CCN(C)S(=O)(=O)c1c(C(=O)O)sc2ccccc12. The van der Waals surface area contributed by atoms with Gasteiger partial charge in [-0.3, -0.25) is 0 Å². The van der Waals surface area contributed by atoms with Crippen LogP contribution < -0.4 is 0 Å². The lowest BCUT2D eigenvalue weighted by atomic mass is 10.2. The quantitative estimate of drug-likeness (QED) is 0.939. The number of hydrogen-bond acceptors (Lipinski definition) is 4. The molecule has 7 heteroatoms. The lowest BCUT2D eigenvalue weighted by Gasteiger charge is -2.14. The minimum absolute atomic E-state index is 0.107. The van der Waals surface area contributed by atoms with Crippen LogP contribution in [-0.4, -0.2) is 37.4 Å². The Morgan fingerprint density at radius 3 is 2.58 bits per heavy atom. The summed E-state index contributed by atoms with van der Waals surface area (Å²) >= 11 is 0.981. The van der Waals surface area contributed by atoms with Gasteiger partial charge in [0.2, 0.25) is 10.0 Å². The van der Waals surface area contributed by atoms with E-state index >= 15 is 0 Å². The number of fused-ring (bicyclic) bond motifs is 1. The highest BCUT2D eigenvalue weighted by atomic mass is 32.2. The van der Waals surface area contributed by atoms with E-state index in [9.17, 15) is 18.3 Å². The molecule has 0 atom stereocenters. The first-order valence-electron chi connectivity index (χ1n) is 5.60. The van der Waals surface area contributed by atoms with Crippen molar-refractivity contribution in [1.82, 2.24) is 4.31 Å². The third-order valence-corrected chi connectivity index (χ3v) is 6.16. The normalized spacial score (nSPS) is 12.2. The molecule has 19 heavy (non-hydrogen) atoms. The van der Waals surface area contributed by atoms with Crippen molar-refractivity contribution >= 4 is 37.4 Å². The zero-order chi connectivity index (χ0) is 14.2. The van der Waals surface area contributed by atoms with Crippen molar-refractivity contribution in [3.8, 4) is 0 Å². The van der Waals surface area contributed by atoms with Gasteiger partial charge < -0.3 is 5.11 Å². The molecule has 0 aliphatic carbocycles. The molecule has 0 amide bonds. The van der Waals surface area contributed by atoms with Gasteiger partial charge in [-0.15, -0.1) is 11.3 Å². The van der Waals surface area contributed by atoms with Crippen LogP contribution in [0.3, 0.4) is 0 Å². The molecule has 1 N–H and O–H groups in total. The summed E-state index contributed by atoms with van der Waals surface area (Å²) in [6.45, 7) is 1.98. The fourth-order valence-corrected chi connectivity index (χ4v) is 4.62. The van der Waals surface area contributed by atoms with Gasteiger partial charge in [0, 0.05) is 23.7 Å². The number of thiophene rings is 1. The Kier molecular flexibility index (Phi) is 3.62. The number of nitrogens with zero attached hydrogens (tertiary/aromatic N) is 1. The molecule has 0 radical (unpaired) electrons. The molecule has 0 bridgehead atoms. The number of carbonyl (C=O) groups is 1. The van der Waals surface area contributed by atoms with Crippen molar-refractivity contribution in [2.75, 3.05) is 13.6 Å². The molecule has 102 valence electrons. The fraction of sp³-hybridized carbons (Fsp3) is 0.250. The summed E-state index contributed by atoms with van der Waals surface area (Å²) in [4.78, 5) is 11.0. The second-order valence-electron chi connectivity index (χ2n) is 3.98. The minimum atomic E-state index is -3.79. The van der Waals surface area contributed by atoms with Crippen molar-refractivity contribution in [3.05, 3.63) is 29.1 Å². The molecule has 1 aromatic carbocycles. The maximum atomic E-state index is 12.4. The second kappa shape index (κ2) is 4.92. The molecule has 0 fully saturated rings. The largest absolute Gasteiger partial charge is 0.477 e. The third-order valence-electron chi connectivity index (χ3n) is 2.86. The van der Waals surface area contributed by atoms with Gasteiger partial charge in [-0.1, -0.05) is 25.1 Å². The van der Waals surface area contributed by atoms with Crippen LogP contribution in [-0.2, 0) is 10.0 Å². The molecule has 0 spiro atoms. The average Bonchev–Trinajstić information content (AvgIpc) is 2.77. The summed E-state index contributed by atoms with van der Waals surface area (Å²) in [5.41, 5.74) is 0. The number of benzene rings is 1. The van der Waals surface area contributed by atoms with Crippen LogP contribution in [0.4, 0.5) is 0 Å². The van der Waals surface area contributed by atoms with Crippen LogP contribution in [0.5, 0.6) is 0 Å². The van der Waals surface area contributed by atoms with Crippen molar-refractivity contribution in [2.45, 2.75) is 11.8 Å². The molecule has 0 aliphatic heterocycles. The van der Waals surface area contributed by atoms with Gasteiger partial charge in [-0.25, -0.2) is 17.5 Å². The summed E-state index contributed by atoms with van der Waals surface area (Å²) in [5.74, 6) is -1.22. The van der Waals surface area contributed by atoms with Crippen LogP contribution in [0.1, 0.15) is 16.6 Å². The maximum absolute atomic E-state index is 12.4. The Labute approximate surface area is 115 Å². The highest BCUT2D eigenvalue weighted by molar-refractivity contribution is 7.89. The Balaban J connectivity index is 2.84. The first-order chi connectivity index (χ1) is 8.89. The molecular weight excluding hydrogens is 286 g/mol. The summed E-state index contributed by atoms with van der Waals surface area (Å²) in [7, 11) is -2.35. The van der Waals surface area contributed by atoms with Gasteiger partial charge in [-0.2, -0.15) is 0 Å². The Morgan fingerprint density at radius 1 is 1.37 bits per heavy atom. The second-order valence-corrected chi connectivity index (χ2v) is 7.01. The van der Waals surface area contributed by atoms with Crippen LogP contribution in [0, 0.1) is 0 Å². The van der Waals surface area contributed by atoms with Gasteiger partial charge in [0.1, 0.15) is 9.77 Å². The number of hydrogen-bond donors (Lipinski definition) is 1. The van der Waals surface area contributed by atoms with Crippen molar-refractivity contribution < 1.29 is 18.3 Å². The number of carboxylic acid groups (broad SMARTS) is 1. The molecule has 0 unspecified atom stereocenters. The highest BCUT2D eigenvalue weighted by Crippen LogP contribution is 2.35. The van der Waals surface area contributed by atoms with E-state index in [0.29, 0.717) is 10.1 Å². The van der Waals surface area contributed by atoms with Crippen molar-refractivity contribution in [2.24, 2.45) is 0 Å². The molecule has 1 aromatic heterocycles. The van der Waals surface area contributed by atoms with Crippen LogP contribution >= 0.6 is 11.3 Å². The van der Waals surface area contributed by atoms with Gasteiger partial charge in [0.05, 0.1) is 0 Å². The highest BCUT2D eigenvalue weighted by Gasteiger charge is 2.30. The van der Waals surface area contributed by atoms with Gasteiger partial charge in [-0.05, 0) is 6.07 Å². The van der Waals surface area contributed by atoms with Crippen LogP contribution in [0.25, 0.3) is 10.1 Å². The predicted octanol–water partition coefficient (Wildman–Crippen LogP) is 2.24. The molecule has 2 aromatic rings. The van der Waals surface area contributed by atoms with Crippen molar-refractivity contribution in [1.29, 1.82) is 0 Å². The van der Waals surface area contributed by atoms with E-state index in [-0.39, 0.29) is 16.3 Å². The number of sulfonamides is 1. The topological polar surface area (TPSA) is 74.7 Å². The number of aromatic carboxylic acids is 1. The minimum Gasteiger partial charge on any atom is -0.477 e. The zero-order valence-corrected chi connectivity index (χ0v) is 12.1. The fourth-order valence-electron chi connectivity index (χ4n) is 1.74. The summed E-state index contributed by atoms with van der Waals surface area (Å²) in [5, 5.41) is 9.68. The molecule has 2 rings (SSSR count). The number of rotatable bonds is 4. The third kappa shape index (κ3) is 2.24. The smallest absolute Gasteiger partial charge is 0.347 e. The Hall–Kier alpha value is -1.44. The maximum Gasteiger partial charge on any atom is 0.347 e. The Morgan fingerprint density at radius 2 is 2.00 bits per heavy atom. The van der Waals surface area contributed by atoms with Crippen molar-refractivity contribution in [3.63, 3.8) is 0 Å². The molecular formula is C12H13NO4S2. The van der Waals surface area contributed by atoms with E-state index in [4.69, 9.17) is 0 Å². The molecule has 0 aliphatic rings. The lowest BCUT2D eigenvalue weighted by molar-refractivity contribution is 0.0698. The average molecular weight is 299 g/mol. The van der Waals surface area contributed by atoms with E-state index in [2.05, 4.69) is 0 Å². The standard InChI is InChI=1S/C12H13NO4S2/c1-3-13(2)19(16,17)11-8-6-4-5-7-9(8)18-10(11)12(14)15/h4-7H,3H2,1-2H3,(H,14,15). The van der Waals surface area contributed by atoms with Gasteiger partial charge in [0.15, 0.2) is 0 Å². The molecule has 1 heterocycles. The van der Waals surface area contributed by atoms with Gasteiger partial charge >= 0.3 is 5.97 Å².